The summed E-state index contributed by atoms with van der Waals surface area (Å²) in [5.41, 5.74) is 2.93. The number of benzene rings is 1. The number of aryl methyl sites for hydroxylation is 1. The minimum atomic E-state index is -0.323. The van der Waals surface area contributed by atoms with Crippen LogP contribution in [0.2, 0.25) is 0 Å². The molecule has 3 aromatic rings. The van der Waals surface area contributed by atoms with Crippen LogP contribution < -0.4 is 9.64 Å². The van der Waals surface area contributed by atoms with Crippen LogP contribution in [0.25, 0.3) is 11.3 Å². The highest BCUT2D eigenvalue weighted by atomic mass is 19.1. The van der Waals surface area contributed by atoms with E-state index in [1.165, 1.54) is 38.0 Å². The second-order valence-corrected chi connectivity index (χ2v) is 9.49. The summed E-state index contributed by atoms with van der Waals surface area (Å²) in [6.45, 7) is 5.30. The van der Waals surface area contributed by atoms with Crippen molar-refractivity contribution in [3.63, 3.8) is 0 Å². The number of methoxy groups -OCH3 is 1. The first-order valence-corrected chi connectivity index (χ1v) is 12.4. The van der Waals surface area contributed by atoms with Crippen LogP contribution in [0.5, 0.6) is 6.01 Å². The van der Waals surface area contributed by atoms with Crippen molar-refractivity contribution < 1.29 is 13.9 Å². The van der Waals surface area contributed by atoms with Crippen LogP contribution in [0.3, 0.4) is 0 Å². The summed E-state index contributed by atoms with van der Waals surface area (Å²) in [6.07, 6.45) is 10.00. The molecule has 2 fully saturated rings. The lowest BCUT2D eigenvalue weighted by molar-refractivity contribution is 0.104. The quantitative estimate of drug-likeness (QED) is 0.442. The van der Waals surface area contributed by atoms with Crippen molar-refractivity contribution in [3.8, 4) is 17.3 Å². The van der Waals surface area contributed by atoms with Gasteiger partial charge in [-0.05, 0) is 72.8 Å². The normalized spacial score (nSPS) is 20.1. The van der Waals surface area contributed by atoms with E-state index in [1.54, 1.807) is 18.3 Å². The number of anilines is 1. The average molecular weight is 478 g/mol. The second-order valence-electron chi connectivity index (χ2n) is 9.49. The van der Waals surface area contributed by atoms with Gasteiger partial charge in [0.25, 0.3) is 0 Å². The van der Waals surface area contributed by atoms with Gasteiger partial charge in [-0.3, -0.25) is 0 Å². The van der Waals surface area contributed by atoms with Crippen LogP contribution in [-0.2, 0) is 17.8 Å². The first-order valence-electron chi connectivity index (χ1n) is 12.4. The molecule has 1 aliphatic heterocycles. The predicted molar refractivity (Wildman–Crippen MR) is 132 cm³/mol. The Morgan fingerprint density at radius 1 is 1.06 bits per heavy atom. The molecule has 1 aliphatic carbocycles. The molecule has 0 bridgehead atoms. The summed E-state index contributed by atoms with van der Waals surface area (Å²) in [5, 5.41) is 0. The van der Waals surface area contributed by atoms with Gasteiger partial charge in [0.2, 0.25) is 5.95 Å². The van der Waals surface area contributed by atoms with E-state index in [4.69, 9.17) is 9.47 Å². The van der Waals surface area contributed by atoms with Gasteiger partial charge in [-0.2, -0.15) is 4.98 Å². The maximum Gasteiger partial charge on any atom is 0.316 e. The van der Waals surface area contributed by atoms with Gasteiger partial charge < -0.3 is 14.4 Å². The third kappa shape index (κ3) is 5.59. The summed E-state index contributed by atoms with van der Waals surface area (Å²) in [4.78, 5) is 19.6. The van der Waals surface area contributed by atoms with E-state index in [0.717, 1.165) is 49.5 Å². The lowest BCUT2D eigenvalue weighted by Crippen LogP contribution is -2.35. The van der Waals surface area contributed by atoms with E-state index in [-0.39, 0.29) is 11.8 Å². The van der Waals surface area contributed by atoms with Crippen LogP contribution >= 0.6 is 0 Å². The second kappa shape index (κ2) is 10.6. The Morgan fingerprint density at radius 3 is 2.57 bits per heavy atom. The molecule has 0 radical (unpaired) electrons. The average Bonchev–Trinajstić information content (AvgIpc) is 3.68. The molecule has 5 rings (SSSR count). The Kier molecular flexibility index (Phi) is 7.18. The topological polar surface area (TPSA) is 73.3 Å². The predicted octanol–water partition coefficient (Wildman–Crippen LogP) is 4.71. The standard InChI is InChI=1S/C27H32FN5O2/c1-3-18-14-30-26(31-15-18)33-10-7-20(8-11-33)23-13-21(23)17-35-16-19-4-5-22(24(28)12-19)25-6-9-29-27(32-25)34-2/h4-6,9,12,14-15,20-21,23H,3,7-8,10-11,13,16-17H2,1-2H3/t21-,23+/m0/s1. The number of ether oxygens (including phenoxy) is 2. The lowest BCUT2D eigenvalue weighted by atomic mass is 9.91. The third-order valence-corrected chi connectivity index (χ3v) is 7.23. The van der Waals surface area contributed by atoms with E-state index in [2.05, 4.69) is 31.8 Å². The molecule has 8 heteroatoms. The molecule has 1 saturated heterocycles. The molecular weight excluding hydrogens is 445 g/mol. The van der Waals surface area contributed by atoms with Gasteiger partial charge in [-0.25, -0.2) is 19.3 Å². The van der Waals surface area contributed by atoms with Gasteiger partial charge in [-0.1, -0.05) is 13.0 Å². The highest BCUT2D eigenvalue weighted by molar-refractivity contribution is 5.60. The fraction of sp³-hybridized carbons (Fsp3) is 0.481. The summed E-state index contributed by atoms with van der Waals surface area (Å²) in [5.74, 6) is 2.64. The van der Waals surface area contributed by atoms with E-state index < -0.39 is 0 Å². The minimum absolute atomic E-state index is 0.220. The van der Waals surface area contributed by atoms with Crippen LogP contribution in [0.15, 0.2) is 42.9 Å². The first-order chi connectivity index (χ1) is 17.1. The Balaban J connectivity index is 1.06. The summed E-state index contributed by atoms with van der Waals surface area (Å²) in [6, 6.07) is 7.05. The maximum atomic E-state index is 14.7. The number of halogens is 1. The molecule has 7 nitrogen and oxygen atoms in total. The molecule has 0 spiro atoms. The molecule has 1 aromatic carbocycles. The molecule has 2 aromatic heterocycles. The van der Waals surface area contributed by atoms with Crippen LogP contribution in [-0.4, -0.2) is 46.7 Å². The molecule has 184 valence electrons. The minimum Gasteiger partial charge on any atom is -0.467 e. The van der Waals surface area contributed by atoms with Gasteiger partial charge in [0, 0.05) is 37.2 Å². The zero-order valence-corrected chi connectivity index (χ0v) is 20.4. The Morgan fingerprint density at radius 2 is 1.86 bits per heavy atom. The smallest absolute Gasteiger partial charge is 0.316 e. The third-order valence-electron chi connectivity index (χ3n) is 7.23. The van der Waals surface area contributed by atoms with Crippen molar-refractivity contribution in [1.29, 1.82) is 0 Å². The number of hydrogen-bond acceptors (Lipinski definition) is 7. The van der Waals surface area contributed by atoms with E-state index in [1.807, 2.05) is 18.5 Å². The molecule has 3 heterocycles. The molecule has 2 atom stereocenters. The first kappa shape index (κ1) is 23.6. The van der Waals surface area contributed by atoms with Gasteiger partial charge >= 0.3 is 6.01 Å². The van der Waals surface area contributed by atoms with E-state index >= 15 is 0 Å². The van der Waals surface area contributed by atoms with Crippen molar-refractivity contribution in [1.82, 2.24) is 19.9 Å². The molecule has 35 heavy (non-hydrogen) atoms. The largest absolute Gasteiger partial charge is 0.467 e. The van der Waals surface area contributed by atoms with Crippen molar-refractivity contribution in [2.45, 2.75) is 39.2 Å². The number of piperidine rings is 1. The van der Waals surface area contributed by atoms with E-state index in [9.17, 15) is 4.39 Å². The van der Waals surface area contributed by atoms with Crippen molar-refractivity contribution >= 4 is 5.95 Å². The van der Waals surface area contributed by atoms with Crippen molar-refractivity contribution in [2.75, 3.05) is 31.7 Å². The Bertz CT molecular complexity index is 1130. The van der Waals surface area contributed by atoms with Crippen molar-refractivity contribution in [3.05, 3.63) is 59.8 Å². The Labute approximate surface area is 205 Å². The van der Waals surface area contributed by atoms with Crippen LogP contribution in [0.4, 0.5) is 10.3 Å². The highest BCUT2D eigenvalue weighted by Gasteiger charge is 2.43. The number of rotatable bonds is 9. The zero-order valence-electron chi connectivity index (χ0n) is 20.4. The molecule has 0 N–H and O–H groups in total. The molecule has 0 unspecified atom stereocenters. The van der Waals surface area contributed by atoms with Gasteiger partial charge in [-0.15, -0.1) is 0 Å². The highest BCUT2D eigenvalue weighted by Crippen LogP contribution is 2.48. The van der Waals surface area contributed by atoms with E-state index in [0.29, 0.717) is 23.8 Å². The van der Waals surface area contributed by atoms with Crippen molar-refractivity contribution in [2.24, 2.45) is 17.8 Å². The van der Waals surface area contributed by atoms with Crippen LogP contribution in [0.1, 0.15) is 37.3 Å². The number of aromatic nitrogens is 4. The SMILES string of the molecule is CCc1cnc(N2CCC([C@H]3C[C@H]3COCc3ccc(-c4ccnc(OC)n4)c(F)c3)CC2)nc1. The number of nitrogens with zero attached hydrogens (tertiary/aromatic N) is 5. The molecular formula is C27H32FN5O2. The lowest BCUT2D eigenvalue weighted by Gasteiger charge is -2.32. The van der Waals surface area contributed by atoms with Gasteiger partial charge in [0.15, 0.2) is 0 Å². The van der Waals surface area contributed by atoms with Crippen LogP contribution in [0, 0.1) is 23.6 Å². The summed E-state index contributed by atoms with van der Waals surface area (Å²) < 4.78 is 25.7. The number of hydrogen-bond donors (Lipinski definition) is 0. The fourth-order valence-electron chi connectivity index (χ4n) is 5.03. The van der Waals surface area contributed by atoms with Gasteiger partial charge in [0.1, 0.15) is 5.82 Å². The fourth-order valence-corrected chi connectivity index (χ4v) is 5.03. The van der Waals surface area contributed by atoms with Gasteiger partial charge in [0.05, 0.1) is 26.0 Å². The molecule has 2 aliphatic rings. The molecule has 0 amide bonds. The monoisotopic (exact) mass is 477 g/mol. The Hall–Kier alpha value is -3.13. The zero-order chi connectivity index (χ0) is 24.2. The summed E-state index contributed by atoms with van der Waals surface area (Å²) >= 11 is 0. The maximum absolute atomic E-state index is 14.7. The summed E-state index contributed by atoms with van der Waals surface area (Å²) in [7, 11) is 1.49. The molecule has 1 saturated carbocycles.